The van der Waals surface area contributed by atoms with Crippen LogP contribution in [0.2, 0.25) is 5.02 Å². The monoisotopic (exact) mass is 673 g/mol. The summed E-state index contributed by atoms with van der Waals surface area (Å²) in [5.41, 5.74) is 5.45. The van der Waals surface area contributed by atoms with Crippen molar-refractivity contribution in [2.24, 2.45) is 7.05 Å². The summed E-state index contributed by atoms with van der Waals surface area (Å²) in [4.78, 5) is 22.8. The van der Waals surface area contributed by atoms with Crippen molar-refractivity contribution in [2.75, 3.05) is 44.3 Å². The average Bonchev–Trinajstić information content (AvgIpc) is 3.58. The van der Waals surface area contributed by atoms with Crippen LogP contribution in [0, 0.1) is 6.92 Å². The van der Waals surface area contributed by atoms with Crippen molar-refractivity contribution in [3.8, 4) is 21.7 Å². The number of hydrogen-bond donors (Lipinski definition) is 1. The number of fused-ring (bicyclic) bond motifs is 2. The molecule has 7 rings (SSSR count). The summed E-state index contributed by atoms with van der Waals surface area (Å²) in [6, 6.07) is 15.9. The second-order valence-corrected chi connectivity index (χ2v) is 15.4. The van der Waals surface area contributed by atoms with Crippen molar-refractivity contribution in [1.82, 2.24) is 19.7 Å². The second kappa shape index (κ2) is 11.9. The first-order valence-corrected chi connectivity index (χ1v) is 17.2. The molecule has 2 aliphatic rings. The van der Waals surface area contributed by atoms with Gasteiger partial charge in [-0.05, 0) is 82.1 Å². The molecule has 2 saturated heterocycles. The van der Waals surface area contributed by atoms with Gasteiger partial charge in [0.15, 0.2) is 11.9 Å². The van der Waals surface area contributed by atoms with Crippen molar-refractivity contribution >= 4 is 55.8 Å². The summed E-state index contributed by atoms with van der Waals surface area (Å²) in [7, 11) is 1.99. The second-order valence-electron chi connectivity index (χ2n) is 13.9. The molecule has 1 N–H and O–H groups in total. The zero-order chi connectivity index (χ0) is 33.2. The first-order valence-electron chi connectivity index (χ1n) is 16.0. The highest BCUT2D eigenvalue weighted by Gasteiger charge is 2.41. The number of rotatable bonds is 7. The number of nitrogens with zero attached hydrogens (tertiary/aromatic N) is 5. The Bertz CT molecular complexity index is 1980. The summed E-state index contributed by atoms with van der Waals surface area (Å²) in [5, 5.41) is 17.9. The van der Waals surface area contributed by atoms with E-state index in [-0.39, 0.29) is 5.54 Å². The highest BCUT2D eigenvalue weighted by atomic mass is 35.5. The van der Waals surface area contributed by atoms with E-state index >= 15 is 0 Å². The molecule has 246 valence electrons. The van der Waals surface area contributed by atoms with E-state index in [4.69, 9.17) is 31.2 Å². The van der Waals surface area contributed by atoms with Gasteiger partial charge in [0.25, 0.3) is 0 Å². The number of aryl methyl sites for hydroxylation is 2. The number of carboxylic acids is 1. The van der Waals surface area contributed by atoms with Crippen LogP contribution in [-0.4, -0.2) is 81.3 Å². The van der Waals surface area contributed by atoms with E-state index in [1.54, 1.807) is 11.3 Å². The van der Waals surface area contributed by atoms with Crippen molar-refractivity contribution in [2.45, 2.75) is 51.9 Å². The van der Waals surface area contributed by atoms with Gasteiger partial charge in [-0.3, -0.25) is 9.58 Å². The average molecular weight is 674 g/mol. The molecule has 0 amide bonds. The standard InChI is InChI=1S/C36H40ClN5O4S/c1-21-17-26-31(29(22-7-10-24(37)11-8-22)28(21)30(34(43)44)46-35(2,3)4)47-33(38-26)23-9-12-27-25(18-23)32(39-40(27)6)41-13-15-42(16-14-41)36(5)19-45-20-36/h7-12,17-18,30H,13-16,19-20H2,1-6H3,(H,43,44)/t30-/m0/s1. The third-order valence-electron chi connectivity index (χ3n) is 9.27. The summed E-state index contributed by atoms with van der Waals surface area (Å²) < 4.78 is 14.6. The van der Waals surface area contributed by atoms with Crippen LogP contribution in [0.25, 0.3) is 42.8 Å². The van der Waals surface area contributed by atoms with Gasteiger partial charge in [-0.15, -0.1) is 11.3 Å². The zero-order valence-corrected chi connectivity index (χ0v) is 29.2. The van der Waals surface area contributed by atoms with Crippen LogP contribution in [0.4, 0.5) is 5.82 Å². The molecule has 5 aromatic rings. The Hall–Kier alpha value is -3.54. The summed E-state index contributed by atoms with van der Waals surface area (Å²) in [5.74, 6) is -0.0448. The molecule has 0 spiro atoms. The Morgan fingerprint density at radius 2 is 1.74 bits per heavy atom. The van der Waals surface area contributed by atoms with Crippen LogP contribution in [0.5, 0.6) is 0 Å². The molecular formula is C36H40ClN5O4S. The van der Waals surface area contributed by atoms with Crippen LogP contribution in [0.15, 0.2) is 48.5 Å². The van der Waals surface area contributed by atoms with Gasteiger partial charge in [-0.25, -0.2) is 9.78 Å². The number of carbonyl (C=O) groups is 1. The van der Waals surface area contributed by atoms with Crippen molar-refractivity contribution in [1.29, 1.82) is 0 Å². The molecule has 9 nitrogen and oxygen atoms in total. The largest absolute Gasteiger partial charge is 0.479 e. The van der Waals surface area contributed by atoms with Gasteiger partial charge >= 0.3 is 5.97 Å². The van der Waals surface area contributed by atoms with E-state index in [2.05, 4.69) is 34.9 Å². The van der Waals surface area contributed by atoms with Gasteiger partial charge < -0.3 is 19.5 Å². The Morgan fingerprint density at radius 1 is 1.06 bits per heavy atom. The van der Waals surface area contributed by atoms with E-state index in [1.807, 2.05) is 69.8 Å². The minimum Gasteiger partial charge on any atom is -0.479 e. The highest BCUT2D eigenvalue weighted by Crippen LogP contribution is 2.45. The van der Waals surface area contributed by atoms with Gasteiger partial charge in [-0.1, -0.05) is 23.7 Å². The maximum atomic E-state index is 12.7. The maximum absolute atomic E-state index is 12.7. The molecule has 2 fully saturated rings. The number of anilines is 1. The van der Waals surface area contributed by atoms with Crippen molar-refractivity contribution in [3.63, 3.8) is 0 Å². The highest BCUT2D eigenvalue weighted by molar-refractivity contribution is 7.22. The maximum Gasteiger partial charge on any atom is 0.337 e. The molecule has 2 aromatic heterocycles. The SMILES string of the molecule is Cc1cc2nc(-c3ccc4c(c3)c(N3CCN(C5(C)COC5)CC3)nn4C)sc2c(-c2ccc(Cl)cc2)c1[C@H](OC(C)(C)C)C(=O)O. The summed E-state index contributed by atoms with van der Waals surface area (Å²) in [6.07, 6.45) is -1.16. The van der Waals surface area contributed by atoms with E-state index in [1.165, 1.54) is 0 Å². The molecule has 0 saturated carbocycles. The molecule has 0 bridgehead atoms. The van der Waals surface area contributed by atoms with Gasteiger partial charge in [-0.2, -0.15) is 5.10 Å². The number of aromatic nitrogens is 3. The predicted octanol–water partition coefficient (Wildman–Crippen LogP) is 7.33. The van der Waals surface area contributed by atoms with E-state index in [9.17, 15) is 9.90 Å². The summed E-state index contributed by atoms with van der Waals surface area (Å²) >= 11 is 7.84. The Balaban J connectivity index is 1.32. The van der Waals surface area contributed by atoms with E-state index in [0.717, 1.165) is 93.6 Å². The molecule has 47 heavy (non-hydrogen) atoms. The predicted molar refractivity (Wildman–Crippen MR) is 189 cm³/mol. The number of benzene rings is 3. The Morgan fingerprint density at radius 3 is 2.36 bits per heavy atom. The first kappa shape index (κ1) is 32.0. The number of carboxylic acid groups (broad SMARTS) is 1. The van der Waals surface area contributed by atoms with Crippen LogP contribution in [0.3, 0.4) is 0 Å². The normalized spacial score (nSPS) is 17.7. The fourth-order valence-electron chi connectivity index (χ4n) is 6.81. The van der Waals surface area contributed by atoms with Crippen LogP contribution >= 0.6 is 22.9 Å². The zero-order valence-electron chi connectivity index (χ0n) is 27.6. The van der Waals surface area contributed by atoms with Crippen molar-refractivity contribution in [3.05, 3.63) is 64.7 Å². The van der Waals surface area contributed by atoms with Crippen LogP contribution < -0.4 is 4.90 Å². The fraction of sp³-hybridized carbons (Fsp3) is 0.417. The lowest BCUT2D eigenvalue weighted by atomic mass is 9.91. The smallest absolute Gasteiger partial charge is 0.337 e. The van der Waals surface area contributed by atoms with E-state index < -0.39 is 17.7 Å². The fourth-order valence-corrected chi connectivity index (χ4v) is 8.06. The molecule has 2 aliphatic heterocycles. The molecular weight excluding hydrogens is 634 g/mol. The lowest BCUT2D eigenvalue weighted by molar-refractivity contribution is -0.160. The summed E-state index contributed by atoms with van der Waals surface area (Å²) in [6.45, 7) is 15.2. The third-order valence-corrected chi connectivity index (χ3v) is 10.7. The molecule has 11 heteroatoms. The van der Waals surface area contributed by atoms with Gasteiger partial charge in [0.05, 0.1) is 40.1 Å². The van der Waals surface area contributed by atoms with Crippen LogP contribution in [0.1, 0.15) is 44.9 Å². The van der Waals surface area contributed by atoms with Crippen molar-refractivity contribution < 1.29 is 19.4 Å². The molecule has 0 aliphatic carbocycles. The molecule has 3 aromatic carbocycles. The number of piperazine rings is 1. The first-order chi connectivity index (χ1) is 22.3. The number of aliphatic carboxylic acids is 1. The lowest BCUT2D eigenvalue weighted by Crippen LogP contribution is -2.64. The third kappa shape index (κ3) is 5.91. The Kier molecular flexibility index (Phi) is 8.08. The van der Waals surface area contributed by atoms with Crippen LogP contribution in [-0.2, 0) is 21.3 Å². The van der Waals surface area contributed by atoms with Gasteiger partial charge in [0.2, 0.25) is 0 Å². The topological polar surface area (TPSA) is 93.0 Å². The lowest BCUT2D eigenvalue weighted by Gasteiger charge is -2.50. The minimum atomic E-state index is -1.16. The number of hydrogen-bond acceptors (Lipinski definition) is 8. The Labute approximate surface area is 283 Å². The molecule has 0 unspecified atom stereocenters. The number of halogens is 1. The molecule has 0 radical (unpaired) electrons. The number of thiazole rings is 1. The van der Waals surface area contributed by atoms with Gasteiger partial charge in [0.1, 0.15) is 5.01 Å². The minimum absolute atomic E-state index is 0.144. The molecule has 4 heterocycles. The number of ether oxygens (including phenoxy) is 2. The van der Waals surface area contributed by atoms with Gasteiger partial charge in [0, 0.05) is 60.3 Å². The molecule has 1 atom stereocenters. The quantitative estimate of drug-likeness (QED) is 0.192. The van der Waals surface area contributed by atoms with E-state index in [0.29, 0.717) is 10.6 Å².